The summed E-state index contributed by atoms with van der Waals surface area (Å²) in [5, 5.41) is 15.5. The SMILES string of the molecule is CC1CCCCCC1NCC1(CC(N)=NO)CC1. The van der Waals surface area contributed by atoms with Crippen molar-refractivity contribution in [1.82, 2.24) is 5.32 Å². The summed E-state index contributed by atoms with van der Waals surface area (Å²) in [6, 6.07) is 0.664. The first-order valence-electron chi connectivity index (χ1n) is 7.35. The van der Waals surface area contributed by atoms with Crippen molar-refractivity contribution in [3.63, 3.8) is 0 Å². The lowest BCUT2D eigenvalue weighted by Gasteiger charge is -2.26. The predicted molar refractivity (Wildman–Crippen MR) is 73.7 cm³/mol. The molecule has 2 fully saturated rings. The van der Waals surface area contributed by atoms with Crippen LogP contribution >= 0.6 is 0 Å². The van der Waals surface area contributed by atoms with Gasteiger partial charge in [0, 0.05) is 19.0 Å². The molecule has 0 saturated heterocycles. The maximum Gasteiger partial charge on any atom is 0.139 e. The third kappa shape index (κ3) is 3.61. The topological polar surface area (TPSA) is 70.6 Å². The highest BCUT2D eigenvalue weighted by atomic mass is 16.4. The highest BCUT2D eigenvalue weighted by Gasteiger charge is 2.43. The van der Waals surface area contributed by atoms with Gasteiger partial charge in [-0.1, -0.05) is 31.3 Å². The average Bonchev–Trinajstić information content (AvgIpc) is 3.13. The fourth-order valence-electron chi connectivity index (χ4n) is 3.16. The summed E-state index contributed by atoms with van der Waals surface area (Å²) in [5.41, 5.74) is 5.91. The van der Waals surface area contributed by atoms with Gasteiger partial charge in [-0.05, 0) is 37.0 Å². The highest BCUT2D eigenvalue weighted by Crippen LogP contribution is 2.48. The van der Waals surface area contributed by atoms with Gasteiger partial charge in [-0.25, -0.2) is 0 Å². The van der Waals surface area contributed by atoms with Crippen molar-refractivity contribution in [3.05, 3.63) is 0 Å². The van der Waals surface area contributed by atoms with Crippen LogP contribution < -0.4 is 11.1 Å². The van der Waals surface area contributed by atoms with E-state index in [2.05, 4.69) is 17.4 Å². The molecule has 2 unspecified atom stereocenters. The van der Waals surface area contributed by atoms with Crippen LogP contribution in [0.25, 0.3) is 0 Å². The van der Waals surface area contributed by atoms with E-state index in [1.54, 1.807) is 0 Å². The van der Waals surface area contributed by atoms with Crippen LogP contribution in [0.1, 0.15) is 58.3 Å². The minimum Gasteiger partial charge on any atom is -0.409 e. The summed E-state index contributed by atoms with van der Waals surface area (Å²) in [7, 11) is 0. The molecule has 0 amide bonds. The van der Waals surface area contributed by atoms with E-state index in [0.29, 0.717) is 11.9 Å². The molecule has 4 nitrogen and oxygen atoms in total. The molecule has 0 bridgehead atoms. The normalized spacial score (nSPS) is 31.9. The minimum atomic E-state index is 0.280. The van der Waals surface area contributed by atoms with Gasteiger partial charge in [0.15, 0.2) is 0 Å². The van der Waals surface area contributed by atoms with Gasteiger partial charge in [0.05, 0.1) is 0 Å². The Hall–Kier alpha value is -0.770. The Morgan fingerprint density at radius 1 is 1.33 bits per heavy atom. The van der Waals surface area contributed by atoms with Crippen LogP contribution in [0.5, 0.6) is 0 Å². The van der Waals surface area contributed by atoms with Gasteiger partial charge >= 0.3 is 0 Å². The van der Waals surface area contributed by atoms with Gasteiger partial charge in [-0.2, -0.15) is 0 Å². The van der Waals surface area contributed by atoms with E-state index in [9.17, 15) is 0 Å². The molecule has 2 rings (SSSR count). The summed E-state index contributed by atoms with van der Waals surface area (Å²) in [6.45, 7) is 3.39. The van der Waals surface area contributed by atoms with Crippen LogP contribution in [-0.2, 0) is 0 Å². The number of hydrogen-bond donors (Lipinski definition) is 3. The third-order valence-corrected chi connectivity index (χ3v) is 4.74. The highest BCUT2D eigenvalue weighted by molar-refractivity contribution is 5.80. The van der Waals surface area contributed by atoms with E-state index in [-0.39, 0.29) is 5.41 Å². The second-order valence-corrected chi connectivity index (χ2v) is 6.37. The van der Waals surface area contributed by atoms with Crippen molar-refractivity contribution in [2.45, 2.75) is 64.3 Å². The molecule has 0 aromatic carbocycles. The molecule has 4 heteroatoms. The number of nitrogens with two attached hydrogens (primary N) is 1. The van der Waals surface area contributed by atoms with Crippen LogP contribution in [0.4, 0.5) is 0 Å². The molecule has 0 spiro atoms. The Balaban J connectivity index is 1.79. The maximum absolute atomic E-state index is 8.66. The maximum atomic E-state index is 8.66. The third-order valence-electron chi connectivity index (χ3n) is 4.74. The average molecular weight is 253 g/mol. The summed E-state index contributed by atoms with van der Waals surface area (Å²) in [4.78, 5) is 0. The number of hydrogen-bond acceptors (Lipinski definition) is 3. The second kappa shape index (κ2) is 5.91. The number of amidine groups is 1. The van der Waals surface area contributed by atoms with Crippen LogP contribution in [0.2, 0.25) is 0 Å². The Kier molecular flexibility index (Phi) is 4.49. The molecule has 18 heavy (non-hydrogen) atoms. The predicted octanol–water partition coefficient (Wildman–Crippen LogP) is 2.46. The van der Waals surface area contributed by atoms with Gasteiger partial charge in [-0.3, -0.25) is 0 Å². The van der Waals surface area contributed by atoms with E-state index >= 15 is 0 Å². The summed E-state index contributed by atoms with van der Waals surface area (Å²) >= 11 is 0. The zero-order valence-electron chi connectivity index (χ0n) is 11.5. The molecular weight excluding hydrogens is 226 g/mol. The zero-order valence-corrected chi connectivity index (χ0v) is 11.5. The van der Waals surface area contributed by atoms with Crippen molar-refractivity contribution < 1.29 is 5.21 Å². The Morgan fingerprint density at radius 2 is 2.06 bits per heavy atom. The van der Waals surface area contributed by atoms with Crippen molar-refractivity contribution in [2.24, 2.45) is 22.2 Å². The first kappa shape index (κ1) is 13.7. The van der Waals surface area contributed by atoms with E-state index in [0.717, 1.165) is 18.9 Å². The summed E-state index contributed by atoms with van der Waals surface area (Å²) < 4.78 is 0. The molecule has 2 aliphatic rings. The Morgan fingerprint density at radius 3 is 2.72 bits per heavy atom. The lowest BCUT2D eigenvalue weighted by Crippen LogP contribution is -2.39. The number of oxime groups is 1. The summed E-state index contributed by atoms with van der Waals surface area (Å²) in [5.74, 6) is 1.16. The molecular formula is C14H27N3O. The molecule has 2 aliphatic carbocycles. The summed E-state index contributed by atoms with van der Waals surface area (Å²) in [6.07, 6.45) is 9.93. The molecule has 2 atom stereocenters. The van der Waals surface area contributed by atoms with Gasteiger partial charge in [0.2, 0.25) is 0 Å². The zero-order chi connectivity index (χ0) is 13.0. The minimum absolute atomic E-state index is 0.280. The molecule has 2 saturated carbocycles. The van der Waals surface area contributed by atoms with Crippen molar-refractivity contribution in [2.75, 3.05) is 6.54 Å². The van der Waals surface area contributed by atoms with Crippen LogP contribution in [0.15, 0.2) is 5.16 Å². The smallest absolute Gasteiger partial charge is 0.139 e. The van der Waals surface area contributed by atoms with Crippen LogP contribution in [0.3, 0.4) is 0 Å². The van der Waals surface area contributed by atoms with Gasteiger partial charge < -0.3 is 16.3 Å². The lowest BCUT2D eigenvalue weighted by atomic mass is 9.95. The standard InChI is InChI=1S/C14H27N3O/c1-11-5-3-2-4-6-12(11)16-10-14(7-8-14)9-13(15)17-18/h11-12,16,18H,2-10H2,1H3,(H2,15,17). The molecule has 0 aliphatic heterocycles. The quantitative estimate of drug-likeness (QED) is 0.232. The van der Waals surface area contributed by atoms with Crippen LogP contribution in [0, 0.1) is 11.3 Å². The second-order valence-electron chi connectivity index (χ2n) is 6.37. The van der Waals surface area contributed by atoms with Crippen molar-refractivity contribution >= 4 is 5.84 Å². The van der Waals surface area contributed by atoms with E-state index in [4.69, 9.17) is 10.9 Å². The fourth-order valence-corrected chi connectivity index (χ4v) is 3.16. The van der Waals surface area contributed by atoms with Crippen molar-refractivity contribution in [1.29, 1.82) is 0 Å². The van der Waals surface area contributed by atoms with E-state index in [1.165, 1.54) is 44.9 Å². The Labute approximate surface area is 110 Å². The fraction of sp³-hybridized carbons (Fsp3) is 0.929. The van der Waals surface area contributed by atoms with Gasteiger partial charge in [0.25, 0.3) is 0 Å². The first-order chi connectivity index (χ1) is 8.65. The molecule has 0 radical (unpaired) electrons. The van der Waals surface area contributed by atoms with Crippen LogP contribution in [-0.4, -0.2) is 23.6 Å². The largest absolute Gasteiger partial charge is 0.409 e. The van der Waals surface area contributed by atoms with Gasteiger partial charge in [0.1, 0.15) is 5.84 Å². The molecule has 0 heterocycles. The van der Waals surface area contributed by atoms with E-state index in [1.807, 2.05) is 0 Å². The first-order valence-corrected chi connectivity index (χ1v) is 7.35. The molecule has 104 valence electrons. The number of rotatable bonds is 5. The molecule has 0 aromatic heterocycles. The van der Waals surface area contributed by atoms with Gasteiger partial charge in [-0.15, -0.1) is 0 Å². The number of nitrogens with one attached hydrogen (secondary N) is 1. The number of nitrogens with zero attached hydrogens (tertiary/aromatic N) is 1. The monoisotopic (exact) mass is 253 g/mol. The molecule has 4 N–H and O–H groups in total. The van der Waals surface area contributed by atoms with Crippen molar-refractivity contribution in [3.8, 4) is 0 Å². The molecule has 0 aromatic rings. The lowest BCUT2D eigenvalue weighted by molar-refractivity contribution is 0.308. The Bertz CT molecular complexity index is 299. The van der Waals surface area contributed by atoms with E-state index < -0.39 is 0 Å².